The van der Waals surface area contributed by atoms with E-state index in [0.717, 1.165) is 22.6 Å². The van der Waals surface area contributed by atoms with Crippen LogP contribution >= 0.6 is 0 Å². The zero-order valence-electron chi connectivity index (χ0n) is 7.90. The first-order valence-corrected chi connectivity index (χ1v) is 4.43. The van der Waals surface area contributed by atoms with Crippen LogP contribution in [0.3, 0.4) is 0 Å². The van der Waals surface area contributed by atoms with E-state index >= 15 is 0 Å². The van der Waals surface area contributed by atoms with Gasteiger partial charge in [0.05, 0.1) is 12.3 Å². The van der Waals surface area contributed by atoms with Crippen molar-refractivity contribution in [2.75, 3.05) is 0 Å². The summed E-state index contributed by atoms with van der Waals surface area (Å²) in [6, 6.07) is 9.44. The van der Waals surface area contributed by atoms with Crippen molar-refractivity contribution < 1.29 is 9.63 Å². The molecular weight excluding hydrogens is 178 g/mol. The van der Waals surface area contributed by atoms with Crippen LogP contribution in [0.4, 0.5) is 0 Å². The Labute approximate surface area is 82.0 Å². The lowest BCUT2D eigenvalue weighted by molar-refractivity contribution is 0.282. The fourth-order valence-corrected chi connectivity index (χ4v) is 1.27. The third kappa shape index (κ3) is 1.67. The molecule has 0 unspecified atom stereocenters. The van der Waals surface area contributed by atoms with E-state index in [2.05, 4.69) is 5.16 Å². The van der Waals surface area contributed by atoms with E-state index < -0.39 is 0 Å². The zero-order chi connectivity index (χ0) is 9.97. The van der Waals surface area contributed by atoms with Gasteiger partial charge in [-0.05, 0) is 12.5 Å². The maximum Gasteiger partial charge on any atom is 0.167 e. The van der Waals surface area contributed by atoms with Gasteiger partial charge in [0.2, 0.25) is 0 Å². The normalized spacial score (nSPS) is 10.4. The monoisotopic (exact) mass is 189 g/mol. The second-order valence-corrected chi connectivity index (χ2v) is 3.19. The number of hydrogen-bond acceptors (Lipinski definition) is 3. The van der Waals surface area contributed by atoms with E-state index in [1.54, 1.807) is 0 Å². The van der Waals surface area contributed by atoms with Gasteiger partial charge in [-0.15, -0.1) is 0 Å². The van der Waals surface area contributed by atoms with E-state index in [0.29, 0.717) is 0 Å². The van der Waals surface area contributed by atoms with Crippen molar-refractivity contribution in [3.05, 3.63) is 41.6 Å². The van der Waals surface area contributed by atoms with Crippen molar-refractivity contribution in [2.45, 2.75) is 13.5 Å². The number of benzene rings is 1. The van der Waals surface area contributed by atoms with E-state index in [1.165, 1.54) is 0 Å². The lowest BCUT2D eigenvalue weighted by Crippen LogP contribution is -1.81. The largest absolute Gasteiger partial charge is 0.392 e. The summed E-state index contributed by atoms with van der Waals surface area (Å²) in [6.07, 6.45) is 0. The molecule has 0 spiro atoms. The van der Waals surface area contributed by atoms with Crippen LogP contribution in [0.25, 0.3) is 11.3 Å². The van der Waals surface area contributed by atoms with Crippen molar-refractivity contribution in [1.82, 2.24) is 5.16 Å². The van der Waals surface area contributed by atoms with Gasteiger partial charge in [0, 0.05) is 11.6 Å². The average Bonchev–Trinajstić information content (AvgIpc) is 2.65. The van der Waals surface area contributed by atoms with E-state index in [4.69, 9.17) is 9.63 Å². The van der Waals surface area contributed by atoms with E-state index in [-0.39, 0.29) is 6.61 Å². The molecule has 0 fully saturated rings. The molecule has 1 N–H and O–H groups in total. The zero-order valence-corrected chi connectivity index (χ0v) is 7.90. The van der Waals surface area contributed by atoms with Gasteiger partial charge in [0.25, 0.3) is 0 Å². The predicted molar refractivity (Wildman–Crippen MR) is 52.6 cm³/mol. The molecule has 0 aliphatic rings. The molecule has 3 nitrogen and oxygen atoms in total. The van der Waals surface area contributed by atoms with Gasteiger partial charge >= 0.3 is 0 Å². The topological polar surface area (TPSA) is 46.3 Å². The summed E-state index contributed by atoms with van der Waals surface area (Å²) >= 11 is 0. The summed E-state index contributed by atoms with van der Waals surface area (Å²) < 4.78 is 5.11. The minimum absolute atomic E-state index is 0.0652. The number of hydrogen-bond donors (Lipinski definition) is 1. The summed E-state index contributed by atoms with van der Waals surface area (Å²) in [5.41, 5.74) is 2.74. The summed E-state index contributed by atoms with van der Waals surface area (Å²) in [4.78, 5) is 0. The van der Waals surface area contributed by atoms with E-state index in [1.807, 2.05) is 37.3 Å². The number of aliphatic hydroxyl groups excluding tert-OH is 1. The van der Waals surface area contributed by atoms with Crippen LogP contribution in [-0.4, -0.2) is 10.3 Å². The fraction of sp³-hybridized carbons (Fsp3) is 0.182. The van der Waals surface area contributed by atoms with Crippen molar-refractivity contribution in [2.24, 2.45) is 0 Å². The molecular formula is C11H11NO2. The minimum Gasteiger partial charge on any atom is -0.392 e. The number of rotatable bonds is 2. The molecule has 14 heavy (non-hydrogen) atoms. The standard InChI is InChI=1S/C11H11NO2/c1-8-6-11(14-12-8)10-4-2-9(7-13)3-5-10/h2-6,13H,7H2,1H3. The molecule has 2 aromatic rings. The fourth-order valence-electron chi connectivity index (χ4n) is 1.27. The molecule has 72 valence electrons. The average molecular weight is 189 g/mol. The SMILES string of the molecule is Cc1cc(-c2ccc(CO)cc2)on1. The van der Waals surface area contributed by atoms with Crippen molar-refractivity contribution >= 4 is 0 Å². The third-order valence-corrected chi connectivity index (χ3v) is 2.05. The van der Waals surface area contributed by atoms with Crippen LogP contribution in [0, 0.1) is 6.92 Å². The molecule has 3 heteroatoms. The molecule has 0 saturated heterocycles. The van der Waals surface area contributed by atoms with Crippen LogP contribution in [0.5, 0.6) is 0 Å². The molecule has 0 aliphatic carbocycles. The Morgan fingerprint density at radius 3 is 2.50 bits per heavy atom. The van der Waals surface area contributed by atoms with Gasteiger partial charge in [-0.3, -0.25) is 0 Å². The quantitative estimate of drug-likeness (QED) is 0.787. The molecule has 1 aromatic heterocycles. The number of aryl methyl sites for hydroxylation is 1. The summed E-state index contributed by atoms with van der Waals surface area (Å²) in [7, 11) is 0. The Balaban J connectivity index is 2.33. The molecule has 1 aromatic carbocycles. The Morgan fingerprint density at radius 1 is 1.29 bits per heavy atom. The number of nitrogens with zero attached hydrogens (tertiary/aromatic N) is 1. The van der Waals surface area contributed by atoms with Gasteiger partial charge in [0.1, 0.15) is 0 Å². The van der Waals surface area contributed by atoms with Crippen molar-refractivity contribution in [3.8, 4) is 11.3 Å². The highest BCUT2D eigenvalue weighted by molar-refractivity contribution is 5.57. The van der Waals surface area contributed by atoms with E-state index in [9.17, 15) is 0 Å². The second kappa shape index (κ2) is 3.64. The van der Waals surface area contributed by atoms with Gasteiger partial charge in [-0.25, -0.2) is 0 Å². The molecule has 0 atom stereocenters. The van der Waals surface area contributed by atoms with Gasteiger partial charge in [-0.2, -0.15) is 0 Å². The first-order chi connectivity index (χ1) is 6.79. The molecule has 0 bridgehead atoms. The molecule has 0 radical (unpaired) electrons. The molecule has 2 rings (SSSR count). The first-order valence-electron chi connectivity index (χ1n) is 4.43. The van der Waals surface area contributed by atoms with Gasteiger partial charge < -0.3 is 9.63 Å². The first kappa shape index (κ1) is 8.97. The van der Waals surface area contributed by atoms with Gasteiger partial charge in [-0.1, -0.05) is 29.4 Å². The molecule has 1 heterocycles. The maximum atomic E-state index is 8.87. The Bertz CT molecular complexity index is 417. The summed E-state index contributed by atoms with van der Waals surface area (Å²) in [6.45, 7) is 1.95. The molecule has 0 saturated carbocycles. The molecule has 0 amide bonds. The smallest absolute Gasteiger partial charge is 0.167 e. The molecule has 0 aliphatic heterocycles. The van der Waals surface area contributed by atoms with Crippen LogP contribution in [0.15, 0.2) is 34.9 Å². The van der Waals surface area contributed by atoms with Crippen LogP contribution < -0.4 is 0 Å². The van der Waals surface area contributed by atoms with Crippen LogP contribution in [-0.2, 0) is 6.61 Å². The van der Waals surface area contributed by atoms with Gasteiger partial charge in [0.15, 0.2) is 5.76 Å². The van der Waals surface area contributed by atoms with Crippen molar-refractivity contribution in [1.29, 1.82) is 0 Å². The highest BCUT2D eigenvalue weighted by Crippen LogP contribution is 2.20. The van der Waals surface area contributed by atoms with Crippen LogP contribution in [0.1, 0.15) is 11.3 Å². The lowest BCUT2D eigenvalue weighted by atomic mass is 10.1. The van der Waals surface area contributed by atoms with Crippen LogP contribution in [0.2, 0.25) is 0 Å². The van der Waals surface area contributed by atoms with Crippen molar-refractivity contribution in [3.63, 3.8) is 0 Å². The Kier molecular flexibility index (Phi) is 2.33. The Hall–Kier alpha value is -1.61. The number of aromatic nitrogens is 1. The maximum absolute atomic E-state index is 8.87. The lowest BCUT2D eigenvalue weighted by Gasteiger charge is -1.97. The Morgan fingerprint density at radius 2 is 2.00 bits per heavy atom. The summed E-state index contributed by atoms with van der Waals surface area (Å²) in [5.74, 6) is 0.756. The second-order valence-electron chi connectivity index (χ2n) is 3.19. The highest BCUT2D eigenvalue weighted by atomic mass is 16.5. The number of aliphatic hydroxyl groups is 1. The predicted octanol–water partition coefficient (Wildman–Crippen LogP) is 2.14. The third-order valence-electron chi connectivity index (χ3n) is 2.05. The minimum atomic E-state index is 0.0652. The highest BCUT2D eigenvalue weighted by Gasteiger charge is 2.03. The summed E-state index contributed by atoms with van der Waals surface area (Å²) in [5, 5.41) is 12.7.